The van der Waals surface area contributed by atoms with Crippen LogP contribution in [0.3, 0.4) is 0 Å². The summed E-state index contributed by atoms with van der Waals surface area (Å²) in [6, 6.07) is 23.6. The van der Waals surface area contributed by atoms with Gasteiger partial charge in [-0.2, -0.15) is 0 Å². The first-order valence-corrected chi connectivity index (χ1v) is 10.8. The van der Waals surface area contributed by atoms with Crippen molar-refractivity contribution in [2.75, 3.05) is 6.54 Å². The number of nitrogens with zero attached hydrogens (tertiary/aromatic N) is 3. The number of esters is 3. The molecule has 0 bridgehead atoms. The summed E-state index contributed by atoms with van der Waals surface area (Å²) in [4.78, 5) is 52.9. The Morgan fingerprint density at radius 2 is 1.14 bits per heavy atom. The zero-order chi connectivity index (χ0) is 25.8. The van der Waals surface area contributed by atoms with Crippen molar-refractivity contribution in [1.29, 1.82) is 0 Å². The topological polar surface area (TPSA) is 145 Å². The summed E-state index contributed by atoms with van der Waals surface area (Å²) in [7, 11) is 0. The molecule has 10 nitrogen and oxygen atoms in total. The van der Waals surface area contributed by atoms with Gasteiger partial charge in [0.05, 0.1) is 23.2 Å². The molecular formula is C26H21N3O7. The first-order valence-electron chi connectivity index (χ1n) is 10.8. The van der Waals surface area contributed by atoms with Crippen molar-refractivity contribution in [1.82, 2.24) is 0 Å². The fraction of sp³-hybridized carbons (Fsp3) is 0.154. The highest BCUT2D eigenvalue weighted by atomic mass is 16.6. The summed E-state index contributed by atoms with van der Waals surface area (Å²) >= 11 is 0. The van der Waals surface area contributed by atoms with Crippen LogP contribution in [0.25, 0.3) is 10.4 Å². The highest BCUT2D eigenvalue weighted by Gasteiger charge is 2.38. The standard InChI is InChI=1S/C26H21N3O7/c27-29-28-16-21(34-24(31)18-10-4-1-5-11-18)23(36-26(33)20-14-8-3-9-15-20)22(17-30)35-25(32)19-12-6-2-7-13-19/h1-15,17,21-23H,16H2/t21-,22+,23+/m1/s1. The lowest BCUT2D eigenvalue weighted by molar-refractivity contribution is -0.128. The van der Waals surface area contributed by atoms with Crippen LogP contribution in [0.1, 0.15) is 31.1 Å². The van der Waals surface area contributed by atoms with Crippen LogP contribution in [0.2, 0.25) is 0 Å². The molecule has 36 heavy (non-hydrogen) atoms. The van der Waals surface area contributed by atoms with Crippen LogP contribution >= 0.6 is 0 Å². The van der Waals surface area contributed by atoms with Gasteiger partial charge in [-0.05, 0) is 41.9 Å². The van der Waals surface area contributed by atoms with Gasteiger partial charge in [0.2, 0.25) is 0 Å². The fourth-order valence-electron chi connectivity index (χ4n) is 3.16. The average Bonchev–Trinajstić information content (AvgIpc) is 2.94. The molecule has 0 saturated carbocycles. The Kier molecular flexibility index (Phi) is 9.32. The molecule has 182 valence electrons. The van der Waals surface area contributed by atoms with Crippen LogP contribution in [0, 0.1) is 0 Å². The van der Waals surface area contributed by atoms with Crippen LogP contribution in [0.15, 0.2) is 96.1 Å². The first kappa shape index (κ1) is 25.7. The van der Waals surface area contributed by atoms with Gasteiger partial charge in [0.15, 0.2) is 18.5 Å². The SMILES string of the molecule is [N-]=[N+]=NC[C@@H](OC(=O)c1ccccc1)[C@H](OC(=O)c1ccccc1)[C@H](C=O)OC(=O)c1ccccc1. The smallest absolute Gasteiger partial charge is 0.338 e. The number of rotatable bonds is 11. The zero-order valence-electron chi connectivity index (χ0n) is 18.9. The third-order valence-electron chi connectivity index (χ3n) is 4.92. The van der Waals surface area contributed by atoms with Crippen molar-refractivity contribution < 1.29 is 33.4 Å². The molecule has 3 atom stereocenters. The molecule has 3 rings (SSSR count). The van der Waals surface area contributed by atoms with Gasteiger partial charge in [-0.25, -0.2) is 14.4 Å². The molecule has 0 unspecified atom stereocenters. The summed E-state index contributed by atoms with van der Waals surface area (Å²) < 4.78 is 16.3. The van der Waals surface area contributed by atoms with E-state index >= 15 is 0 Å². The number of carbonyl (C=O) groups excluding carboxylic acids is 4. The zero-order valence-corrected chi connectivity index (χ0v) is 18.9. The number of aldehydes is 1. The molecule has 0 fully saturated rings. The quantitative estimate of drug-likeness (QED) is 0.0985. The van der Waals surface area contributed by atoms with Crippen LogP contribution < -0.4 is 0 Å². The minimum Gasteiger partial charge on any atom is -0.455 e. The Hall–Kier alpha value is -4.95. The highest BCUT2D eigenvalue weighted by Crippen LogP contribution is 2.18. The van der Waals surface area contributed by atoms with E-state index in [2.05, 4.69) is 10.0 Å². The number of benzene rings is 3. The van der Waals surface area contributed by atoms with E-state index in [0.717, 1.165) is 0 Å². The van der Waals surface area contributed by atoms with Gasteiger partial charge in [0.1, 0.15) is 6.10 Å². The molecule has 0 aliphatic rings. The van der Waals surface area contributed by atoms with E-state index in [9.17, 15) is 19.2 Å². The summed E-state index contributed by atoms with van der Waals surface area (Å²) in [6.45, 7) is -0.505. The Balaban J connectivity index is 1.94. The maximum Gasteiger partial charge on any atom is 0.338 e. The van der Waals surface area contributed by atoms with E-state index < -0.39 is 42.8 Å². The second kappa shape index (κ2) is 13.1. The van der Waals surface area contributed by atoms with E-state index in [4.69, 9.17) is 19.7 Å². The highest BCUT2D eigenvalue weighted by molar-refractivity contribution is 5.92. The molecule has 0 heterocycles. The van der Waals surface area contributed by atoms with Crippen molar-refractivity contribution >= 4 is 24.2 Å². The monoisotopic (exact) mass is 487 g/mol. The summed E-state index contributed by atoms with van der Waals surface area (Å²) in [5.74, 6) is -2.57. The summed E-state index contributed by atoms with van der Waals surface area (Å²) in [5, 5.41) is 3.43. The molecule has 0 spiro atoms. The third kappa shape index (κ3) is 7.02. The van der Waals surface area contributed by atoms with Gasteiger partial charge in [0.25, 0.3) is 0 Å². The van der Waals surface area contributed by atoms with Crippen LogP contribution in [0.4, 0.5) is 0 Å². The fourth-order valence-corrected chi connectivity index (χ4v) is 3.16. The van der Waals surface area contributed by atoms with E-state index in [0.29, 0.717) is 0 Å². The van der Waals surface area contributed by atoms with Gasteiger partial charge in [-0.15, -0.1) is 0 Å². The molecule has 0 N–H and O–H groups in total. The van der Waals surface area contributed by atoms with Crippen molar-refractivity contribution in [3.63, 3.8) is 0 Å². The molecular weight excluding hydrogens is 466 g/mol. The molecule has 10 heteroatoms. The second-order valence-electron chi connectivity index (χ2n) is 7.33. The maximum atomic E-state index is 12.8. The average molecular weight is 487 g/mol. The van der Waals surface area contributed by atoms with E-state index in [-0.39, 0.29) is 23.0 Å². The number of hydrogen-bond acceptors (Lipinski definition) is 8. The molecule has 0 aliphatic carbocycles. The lowest BCUT2D eigenvalue weighted by atomic mass is 10.1. The Bertz CT molecular complexity index is 1230. The Labute approximate surface area is 206 Å². The van der Waals surface area contributed by atoms with Crippen LogP contribution in [0.5, 0.6) is 0 Å². The lowest BCUT2D eigenvalue weighted by Crippen LogP contribution is -2.47. The predicted octanol–water partition coefficient (Wildman–Crippen LogP) is 4.17. The molecule has 0 saturated heterocycles. The molecule has 0 amide bonds. The predicted molar refractivity (Wildman–Crippen MR) is 127 cm³/mol. The van der Waals surface area contributed by atoms with Gasteiger partial charge < -0.3 is 14.2 Å². The van der Waals surface area contributed by atoms with Gasteiger partial charge in [-0.3, -0.25) is 4.79 Å². The van der Waals surface area contributed by atoms with Crippen LogP contribution in [-0.2, 0) is 19.0 Å². The summed E-state index contributed by atoms with van der Waals surface area (Å²) in [6.07, 6.45) is -4.52. The van der Waals surface area contributed by atoms with Crippen molar-refractivity contribution in [3.8, 4) is 0 Å². The minimum atomic E-state index is -1.69. The second-order valence-corrected chi connectivity index (χ2v) is 7.33. The first-order chi connectivity index (χ1) is 17.5. The van der Waals surface area contributed by atoms with E-state index in [1.54, 1.807) is 54.6 Å². The van der Waals surface area contributed by atoms with Crippen molar-refractivity contribution in [3.05, 3.63) is 118 Å². The molecule has 0 aromatic heterocycles. The number of hydrogen-bond donors (Lipinski definition) is 0. The van der Waals surface area contributed by atoms with Gasteiger partial charge in [-0.1, -0.05) is 59.7 Å². The van der Waals surface area contributed by atoms with Crippen molar-refractivity contribution in [2.45, 2.75) is 18.3 Å². The molecule has 3 aromatic carbocycles. The molecule has 0 aliphatic heterocycles. The minimum absolute atomic E-state index is 0.137. The lowest BCUT2D eigenvalue weighted by Gasteiger charge is -2.29. The Morgan fingerprint density at radius 3 is 1.56 bits per heavy atom. The summed E-state index contributed by atoms with van der Waals surface area (Å²) in [5.41, 5.74) is 9.30. The van der Waals surface area contributed by atoms with Crippen LogP contribution in [-0.4, -0.2) is 49.1 Å². The Morgan fingerprint density at radius 1 is 0.722 bits per heavy atom. The number of carbonyl (C=O) groups is 4. The number of azide groups is 1. The maximum absolute atomic E-state index is 12.8. The molecule has 3 aromatic rings. The normalized spacial score (nSPS) is 12.7. The van der Waals surface area contributed by atoms with E-state index in [1.807, 2.05) is 0 Å². The van der Waals surface area contributed by atoms with E-state index in [1.165, 1.54) is 36.4 Å². The van der Waals surface area contributed by atoms with Crippen molar-refractivity contribution in [2.24, 2.45) is 5.11 Å². The van der Waals surface area contributed by atoms with Gasteiger partial charge >= 0.3 is 17.9 Å². The van der Waals surface area contributed by atoms with Gasteiger partial charge in [0, 0.05) is 4.91 Å². The number of ether oxygens (including phenoxy) is 3. The third-order valence-corrected chi connectivity index (χ3v) is 4.92. The largest absolute Gasteiger partial charge is 0.455 e. The molecule has 0 radical (unpaired) electrons.